The Morgan fingerprint density at radius 1 is 1.56 bits per heavy atom. The highest BCUT2D eigenvalue weighted by atomic mass is 16.5. The van der Waals surface area contributed by atoms with Crippen molar-refractivity contribution in [3.8, 4) is 0 Å². The lowest BCUT2D eigenvalue weighted by Gasteiger charge is -2.14. The quantitative estimate of drug-likeness (QED) is 0.781. The zero-order valence-corrected chi connectivity index (χ0v) is 9.27. The fourth-order valence-corrected chi connectivity index (χ4v) is 1.18. The average molecular weight is 222 g/mol. The molecule has 1 rings (SSSR count). The lowest BCUT2D eigenvalue weighted by Crippen LogP contribution is -2.31. The van der Waals surface area contributed by atoms with Crippen LogP contribution in [0, 0.1) is 0 Å². The molecule has 16 heavy (non-hydrogen) atoms. The second-order valence-electron chi connectivity index (χ2n) is 3.24. The van der Waals surface area contributed by atoms with Crippen LogP contribution in [0.25, 0.3) is 0 Å². The van der Waals surface area contributed by atoms with Gasteiger partial charge < -0.3 is 10.1 Å². The molecular weight excluding hydrogens is 208 g/mol. The number of nitrogens with one attached hydrogen (secondary N) is 1. The Bertz CT molecular complexity index is 365. The molecule has 1 amide bonds. The number of esters is 1. The van der Waals surface area contributed by atoms with E-state index in [1.165, 1.54) is 13.1 Å². The maximum atomic E-state index is 11.7. The monoisotopic (exact) mass is 222 g/mol. The van der Waals surface area contributed by atoms with Gasteiger partial charge in [0.15, 0.2) is 6.10 Å². The van der Waals surface area contributed by atoms with Crippen LogP contribution in [-0.2, 0) is 14.3 Å². The van der Waals surface area contributed by atoms with Gasteiger partial charge in [0.1, 0.15) is 0 Å². The van der Waals surface area contributed by atoms with Gasteiger partial charge in [0.25, 0.3) is 5.91 Å². The molecule has 1 atom stereocenters. The van der Waals surface area contributed by atoms with Gasteiger partial charge in [-0.05, 0) is 18.6 Å². The summed E-state index contributed by atoms with van der Waals surface area (Å²) < 4.78 is 4.86. The Balaban J connectivity index is 2.59. The predicted octanol–water partition coefficient (Wildman–Crippen LogP) is 1.36. The smallest absolute Gasteiger partial charge is 0.303 e. The molecule has 0 fully saturated rings. The van der Waals surface area contributed by atoms with Gasteiger partial charge in [-0.2, -0.15) is 0 Å². The largest absolute Gasteiger partial charge is 0.452 e. The van der Waals surface area contributed by atoms with E-state index in [9.17, 15) is 9.59 Å². The van der Waals surface area contributed by atoms with Crippen LogP contribution in [-0.4, -0.2) is 23.0 Å². The van der Waals surface area contributed by atoms with Gasteiger partial charge >= 0.3 is 5.97 Å². The van der Waals surface area contributed by atoms with Gasteiger partial charge in [0.05, 0.1) is 11.9 Å². The number of carbonyl (C=O) groups excluding carboxylic acids is 2. The molecular formula is C11H14N2O3. The molecule has 0 aliphatic rings. The van der Waals surface area contributed by atoms with Crippen molar-refractivity contribution >= 4 is 17.6 Å². The van der Waals surface area contributed by atoms with Gasteiger partial charge in [0.2, 0.25) is 0 Å². The van der Waals surface area contributed by atoms with Crippen LogP contribution in [0.2, 0.25) is 0 Å². The van der Waals surface area contributed by atoms with Crippen LogP contribution >= 0.6 is 0 Å². The Morgan fingerprint density at radius 2 is 2.31 bits per heavy atom. The fourth-order valence-electron chi connectivity index (χ4n) is 1.18. The number of carbonyl (C=O) groups is 2. The first-order valence-corrected chi connectivity index (χ1v) is 5.01. The molecule has 1 heterocycles. The summed E-state index contributed by atoms with van der Waals surface area (Å²) in [5, 5.41) is 2.62. The Hall–Kier alpha value is -1.91. The second kappa shape index (κ2) is 5.85. The average Bonchev–Trinajstić information content (AvgIpc) is 2.26. The first-order chi connectivity index (χ1) is 7.63. The van der Waals surface area contributed by atoms with E-state index in [0.717, 1.165) is 0 Å². The summed E-state index contributed by atoms with van der Waals surface area (Å²) in [6.07, 6.45) is 2.82. The fraction of sp³-hybridized carbons (Fsp3) is 0.364. The number of nitrogens with zero attached hydrogens (tertiary/aromatic N) is 1. The molecule has 1 aromatic rings. The summed E-state index contributed by atoms with van der Waals surface area (Å²) in [5.74, 6) is -0.807. The molecule has 5 nitrogen and oxygen atoms in total. The first-order valence-electron chi connectivity index (χ1n) is 5.01. The Morgan fingerprint density at radius 3 is 2.81 bits per heavy atom. The lowest BCUT2D eigenvalue weighted by molar-refractivity contribution is -0.152. The van der Waals surface area contributed by atoms with Crippen molar-refractivity contribution in [3.63, 3.8) is 0 Å². The third kappa shape index (κ3) is 3.68. The van der Waals surface area contributed by atoms with Crippen molar-refractivity contribution in [2.24, 2.45) is 0 Å². The topological polar surface area (TPSA) is 68.3 Å². The SMILES string of the molecule is CCC(OC(C)=O)C(=O)Nc1cccnc1. The van der Waals surface area contributed by atoms with Crippen molar-refractivity contribution in [1.82, 2.24) is 4.98 Å². The van der Waals surface area contributed by atoms with Crippen LogP contribution < -0.4 is 5.32 Å². The maximum absolute atomic E-state index is 11.7. The van der Waals surface area contributed by atoms with E-state index in [0.29, 0.717) is 12.1 Å². The van der Waals surface area contributed by atoms with Crippen molar-refractivity contribution in [1.29, 1.82) is 0 Å². The molecule has 1 unspecified atom stereocenters. The molecule has 0 aliphatic heterocycles. The molecule has 0 spiro atoms. The molecule has 0 saturated heterocycles. The zero-order chi connectivity index (χ0) is 12.0. The third-order valence-corrected chi connectivity index (χ3v) is 1.90. The highest BCUT2D eigenvalue weighted by molar-refractivity contribution is 5.95. The van der Waals surface area contributed by atoms with Gasteiger partial charge in [0, 0.05) is 13.1 Å². The number of anilines is 1. The second-order valence-corrected chi connectivity index (χ2v) is 3.24. The normalized spacial score (nSPS) is 11.6. The Labute approximate surface area is 93.8 Å². The lowest BCUT2D eigenvalue weighted by atomic mass is 10.2. The molecule has 0 radical (unpaired) electrons. The van der Waals surface area contributed by atoms with E-state index in [2.05, 4.69) is 10.3 Å². The minimum Gasteiger partial charge on any atom is -0.452 e. The molecule has 0 aliphatic carbocycles. The standard InChI is InChI=1S/C11H14N2O3/c1-3-10(16-8(2)14)11(15)13-9-5-4-6-12-7-9/h4-7,10H,3H2,1-2H3,(H,13,15). The summed E-state index contributed by atoms with van der Waals surface area (Å²) in [5.41, 5.74) is 0.582. The number of ether oxygens (including phenoxy) is 1. The van der Waals surface area contributed by atoms with Crippen molar-refractivity contribution in [2.45, 2.75) is 26.4 Å². The van der Waals surface area contributed by atoms with E-state index in [4.69, 9.17) is 4.74 Å². The van der Waals surface area contributed by atoms with E-state index in [1.54, 1.807) is 25.3 Å². The minimum absolute atomic E-state index is 0.342. The minimum atomic E-state index is -0.752. The van der Waals surface area contributed by atoms with Crippen LogP contribution in [0.1, 0.15) is 20.3 Å². The molecule has 1 aromatic heterocycles. The van der Waals surface area contributed by atoms with Crippen LogP contribution in [0.4, 0.5) is 5.69 Å². The molecule has 86 valence electrons. The summed E-state index contributed by atoms with van der Waals surface area (Å²) in [6.45, 7) is 3.05. The van der Waals surface area contributed by atoms with Gasteiger partial charge in [-0.1, -0.05) is 6.92 Å². The highest BCUT2D eigenvalue weighted by Gasteiger charge is 2.19. The van der Waals surface area contributed by atoms with Crippen molar-refractivity contribution < 1.29 is 14.3 Å². The number of amides is 1. The van der Waals surface area contributed by atoms with Gasteiger partial charge in [-0.3, -0.25) is 14.6 Å². The van der Waals surface area contributed by atoms with E-state index in [-0.39, 0.29) is 5.91 Å². The number of hydrogen-bond acceptors (Lipinski definition) is 4. The van der Waals surface area contributed by atoms with Gasteiger partial charge in [-0.25, -0.2) is 0 Å². The zero-order valence-electron chi connectivity index (χ0n) is 9.27. The Kier molecular flexibility index (Phi) is 4.44. The molecule has 5 heteroatoms. The number of pyridine rings is 1. The first kappa shape index (κ1) is 12.2. The van der Waals surface area contributed by atoms with Crippen LogP contribution in [0.5, 0.6) is 0 Å². The summed E-state index contributed by atoms with van der Waals surface area (Å²) in [4.78, 5) is 26.3. The van der Waals surface area contributed by atoms with Crippen LogP contribution in [0.3, 0.4) is 0 Å². The molecule has 0 aromatic carbocycles. The molecule has 0 bridgehead atoms. The highest BCUT2D eigenvalue weighted by Crippen LogP contribution is 2.06. The van der Waals surface area contributed by atoms with Crippen LogP contribution in [0.15, 0.2) is 24.5 Å². The summed E-state index contributed by atoms with van der Waals surface area (Å²) in [7, 11) is 0. The summed E-state index contributed by atoms with van der Waals surface area (Å²) >= 11 is 0. The number of rotatable bonds is 4. The van der Waals surface area contributed by atoms with E-state index in [1.807, 2.05) is 0 Å². The van der Waals surface area contributed by atoms with Gasteiger partial charge in [-0.15, -0.1) is 0 Å². The van der Waals surface area contributed by atoms with Crippen molar-refractivity contribution in [3.05, 3.63) is 24.5 Å². The van der Waals surface area contributed by atoms with Crippen molar-refractivity contribution in [2.75, 3.05) is 5.32 Å². The third-order valence-electron chi connectivity index (χ3n) is 1.90. The molecule has 0 saturated carbocycles. The predicted molar refractivity (Wildman–Crippen MR) is 58.7 cm³/mol. The van der Waals surface area contributed by atoms with E-state index < -0.39 is 12.1 Å². The number of aromatic nitrogens is 1. The summed E-state index contributed by atoms with van der Waals surface area (Å²) in [6, 6.07) is 3.42. The maximum Gasteiger partial charge on any atom is 0.303 e. The number of hydrogen-bond donors (Lipinski definition) is 1. The van der Waals surface area contributed by atoms with E-state index >= 15 is 0 Å². The molecule has 1 N–H and O–H groups in total.